The van der Waals surface area contributed by atoms with E-state index in [4.69, 9.17) is 0 Å². The van der Waals surface area contributed by atoms with Gasteiger partial charge in [-0.3, -0.25) is 10.1 Å². The summed E-state index contributed by atoms with van der Waals surface area (Å²) in [6.45, 7) is 0. The third kappa shape index (κ3) is 2.70. The van der Waals surface area contributed by atoms with Crippen LogP contribution in [0.15, 0.2) is 17.5 Å². The number of thiazole rings is 1. The fraction of sp³-hybridized carbons (Fsp3) is 0.333. The number of hydrogen-bond acceptors (Lipinski definition) is 6. The van der Waals surface area contributed by atoms with Crippen LogP contribution in [-0.4, -0.2) is 28.1 Å². The molecular formula is C12H13N5OS. The van der Waals surface area contributed by atoms with Gasteiger partial charge >= 0.3 is 0 Å². The fourth-order valence-corrected chi connectivity index (χ4v) is 2.45. The molecule has 2 N–H and O–H groups in total. The summed E-state index contributed by atoms with van der Waals surface area (Å²) in [4.78, 5) is 16.3. The molecule has 7 heteroatoms. The standard InChI is InChI=1S/C12H13N5OS/c1-13-10-5-4-8(16-17-10)11(18)15-12-14-9(6-19-12)7-2-3-7/h4-7H,2-3H2,1H3,(H,13,17)(H,14,15,18). The number of amides is 1. The van der Waals surface area contributed by atoms with Crippen LogP contribution in [0.3, 0.4) is 0 Å². The number of aromatic nitrogens is 3. The maximum Gasteiger partial charge on any atom is 0.277 e. The predicted molar refractivity (Wildman–Crippen MR) is 73.6 cm³/mol. The van der Waals surface area contributed by atoms with Crippen LogP contribution in [0.5, 0.6) is 0 Å². The summed E-state index contributed by atoms with van der Waals surface area (Å²) in [5, 5.41) is 15.9. The molecule has 2 aromatic heterocycles. The van der Waals surface area contributed by atoms with Gasteiger partial charge in [-0.15, -0.1) is 21.5 Å². The molecule has 0 bridgehead atoms. The Morgan fingerprint density at radius 3 is 2.84 bits per heavy atom. The number of nitrogens with one attached hydrogen (secondary N) is 2. The molecule has 0 aromatic carbocycles. The minimum atomic E-state index is -0.285. The minimum Gasteiger partial charge on any atom is -0.372 e. The molecule has 0 aliphatic heterocycles. The van der Waals surface area contributed by atoms with Crippen LogP contribution in [-0.2, 0) is 0 Å². The molecule has 6 nitrogen and oxygen atoms in total. The molecule has 19 heavy (non-hydrogen) atoms. The van der Waals surface area contributed by atoms with Crippen molar-refractivity contribution in [2.24, 2.45) is 0 Å². The van der Waals surface area contributed by atoms with Crippen LogP contribution in [0.1, 0.15) is 34.9 Å². The van der Waals surface area contributed by atoms with Crippen molar-refractivity contribution in [2.75, 3.05) is 17.7 Å². The lowest BCUT2D eigenvalue weighted by molar-refractivity contribution is 0.102. The van der Waals surface area contributed by atoms with Crippen molar-refractivity contribution < 1.29 is 4.79 Å². The van der Waals surface area contributed by atoms with Gasteiger partial charge in [0.2, 0.25) is 0 Å². The maximum absolute atomic E-state index is 11.9. The first-order valence-electron chi connectivity index (χ1n) is 6.04. The molecule has 1 amide bonds. The van der Waals surface area contributed by atoms with Crippen molar-refractivity contribution >= 4 is 28.2 Å². The predicted octanol–water partition coefficient (Wildman–Crippen LogP) is 2.10. The average Bonchev–Trinajstić information content (AvgIpc) is 3.20. The molecule has 0 radical (unpaired) electrons. The quantitative estimate of drug-likeness (QED) is 0.893. The van der Waals surface area contributed by atoms with Gasteiger partial charge in [-0.05, 0) is 25.0 Å². The zero-order valence-corrected chi connectivity index (χ0v) is 11.2. The van der Waals surface area contributed by atoms with Crippen molar-refractivity contribution in [1.82, 2.24) is 15.2 Å². The van der Waals surface area contributed by atoms with Crippen molar-refractivity contribution in [1.29, 1.82) is 0 Å². The second kappa shape index (κ2) is 4.93. The van der Waals surface area contributed by atoms with E-state index in [2.05, 4.69) is 25.8 Å². The molecule has 98 valence electrons. The molecule has 0 spiro atoms. The molecular weight excluding hydrogens is 262 g/mol. The molecule has 0 saturated heterocycles. The fourth-order valence-electron chi connectivity index (χ4n) is 1.66. The summed E-state index contributed by atoms with van der Waals surface area (Å²) >= 11 is 1.44. The SMILES string of the molecule is CNc1ccc(C(=O)Nc2nc(C3CC3)cs2)nn1. The lowest BCUT2D eigenvalue weighted by Crippen LogP contribution is -2.14. The molecule has 1 aliphatic carbocycles. The van der Waals surface area contributed by atoms with Crippen molar-refractivity contribution in [3.8, 4) is 0 Å². The second-order valence-corrected chi connectivity index (χ2v) is 5.22. The smallest absolute Gasteiger partial charge is 0.277 e. The molecule has 2 heterocycles. The van der Waals surface area contributed by atoms with Gasteiger partial charge in [0.1, 0.15) is 5.82 Å². The van der Waals surface area contributed by atoms with E-state index in [1.165, 1.54) is 24.2 Å². The van der Waals surface area contributed by atoms with Gasteiger partial charge in [0, 0.05) is 18.3 Å². The number of nitrogens with zero attached hydrogens (tertiary/aromatic N) is 3. The Morgan fingerprint density at radius 1 is 1.37 bits per heavy atom. The van der Waals surface area contributed by atoms with Crippen LogP contribution in [0.2, 0.25) is 0 Å². The van der Waals surface area contributed by atoms with Gasteiger partial charge < -0.3 is 5.32 Å². The summed E-state index contributed by atoms with van der Waals surface area (Å²) in [5.74, 6) is 0.935. The van der Waals surface area contributed by atoms with Crippen molar-refractivity contribution in [2.45, 2.75) is 18.8 Å². The molecule has 0 atom stereocenters. The van der Waals surface area contributed by atoms with E-state index in [1.807, 2.05) is 5.38 Å². The van der Waals surface area contributed by atoms with Gasteiger partial charge in [0.05, 0.1) is 5.69 Å². The number of carbonyl (C=O) groups excluding carboxylic acids is 1. The second-order valence-electron chi connectivity index (χ2n) is 4.36. The Balaban J connectivity index is 1.68. The Morgan fingerprint density at radius 2 is 2.21 bits per heavy atom. The highest BCUT2D eigenvalue weighted by atomic mass is 32.1. The summed E-state index contributed by atoms with van der Waals surface area (Å²) < 4.78 is 0. The minimum absolute atomic E-state index is 0.280. The highest BCUT2D eigenvalue weighted by Crippen LogP contribution is 2.40. The Labute approximate surface area is 114 Å². The Kier molecular flexibility index (Phi) is 3.12. The van der Waals surface area contributed by atoms with E-state index in [-0.39, 0.29) is 11.6 Å². The zero-order chi connectivity index (χ0) is 13.2. The van der Waals surface area contributed by atoms with Gasteiger partial charge in [-0.2, -0.15) is 0 Å². The first-order chi connectivity index (χ1) is 9.26. The number of carbonyl (C=O) groups is 1. The summed E-state index contributed by atoms with van der Waals surface area (Å²) in [7, 11) is 1.75. The third-order valence-corrected chi connectivity index (χ3v) is 3.67. The number of anilines is 2. The molecule has 3 rings (SSSR count). The normalized spacial score (nSPS) is 14.2. The van der Waals surface area contributed by atoms with Gasteiger partial charge in [0.25, 0.3) is 5.91 Å². The van der Waals surface area contributed by atoms with E-state index < -0.39 is 0 Å². The van der Waals surface area contributed by atoms with Crippen LogP contribution < -0.4 is 10.6 Å². The molecule has 2 aromatic rings. The highest BCUT2D eigenvalue weighted by molar-refractivity contribution is 7.14. The number of rotatable bonds is 4. The van der Waals surface area contributed by atoms with E-state index in [9.17, 15) is 4.79 Å². The van der Waals surface area contributed by atoms with Gasteiger partial charge in [-0.25, -0.2) is 4.98 Å². The van der Waals surface area contributed by atoms with E-state index in [1.54, 1.807) is 19.2 Å². The van der Waals surface area contributed by atoms with E-state index in [0.717, 1.165) is 5.69 Å². The molecule has 1 fully saturated rings. The maximum atomic E-state index is 11.9. The van der Waals surface area contributed by atoms with Crippen LogP contribution in [0, 0.1) is 0 Å². The summed E-state index contributed by atoms with van der Waals surface area (Å²) in [6, 6.07) is 3.34. The molecule has 1 saturated carbocycles. The number of hydrogen-bond donors (Lipinski definition) is 2. The zero-order valence-electron chi connectivity index (χ0n) is 10.4. The van der Waals surface area contributed by atoms with Gasteiger partial charge in [0.15, 0.2) is 10.8 Å². The monoisotopic (exact) mass is 275 g/mol. The van der Waals surface area contributed by atoms with Crippen LogP contribution in [0.4, 0.5) is 10.9 Å². The van der Waals surface area contributed by atoms with Crippen LogP contribution in [0.25, 0.3) is 0 Å². The van der Waals surface area contributed by atoms with Crippen LogP contribution >= 0.6 is 11.3 Å². The van der Waals surface area contributed by atoms with Crippen molar-refractivity contribution in [3.63, 3.8) is 0 Å². The molecule has 0 unspecified atom stereocenters. The first kappa shape index (κ1) is 12.0. The largest absolute Gasteiger partial charge is 0.372 e. The highest BCUT2D eigenvalue weighted by Gasteiger charge is 2.26. The van der Waals surface area contributed by atoms with Gasteiger partial charge in [-0.1, -0.05) is 0 Å². The van der Waals surface area contributed by atoms with E-state index in [0.29, 0.717) is 16.9 Å². The third-order valence-electron chi connectivity index (χ3n) is 2.89. The Hall–Kier alpha value is -2.02. The lowest BCUT2D eigenvalue weighted by Gasteiger charge is -2.01. The summed E-state index contributed by atoms with van der Waals surface area (Å²) in [5.41, 5.74) is 1.36. The topological polar surface area (TPSA) is 79.8 Å². The van der Waals surface area contributed by atoms with Crippen molar-refractivity contribution in [3.05, 3.63) is 28.9 Å². The lowest BCUT2D eigenvalue weighted by atomic mass is 10.3. The average molecular weight is 275 g/mol. The summed E-state index contributed by atoms with van der Waals surface area (Å²) in [6.07, 6.45) is 2.40. The first-order valence-corrected chi connectivity index (χ1v) is 6.92. The Bertz CT molecular complexity index is 590. The molecule has 1 aliphatic rings. The van der Waals surface area contributed by atoms with E-state index >= 15 is 0 Å².